The van der Waals surface area contributed by atoms with Gasteiger partial charge in [0, 0.05) is 24.0 Å². The van der Waals surface area contributed by atoms with E-state index < -0.39 is 5.97 Å². The van der Waals surface area contributed by atoms with Crippen molar-refractivity contribution in [3.63, 3.8) is 0 Å². The highest BCUT2D eigenvalue weighted by Gasteiger charge is 2.26. The highest BCUT2D eigenvalue weighted by atomic mass is 32.1. The molecule has 2 aromatic rings. The Morgan fingerprint density at radius 1 is 1.20 bits per heavy atom. The molecule has 5 nitrogen and oxygen atoms in total. The molecule has 2 heterocycles. The third-order valence-electron chi connectivity index (χ3n) is 4.28. The van der Waals surface area contributed by atoms with Crippen LogP contribution in [0.15, 0.2) is 35.7 Å². The Bertz CT molecular complexity index is 734. The van der Waals surface area contributed by atoms with E-state index in [1.54, 1.807) is 10.3 Å². The summed E-state index contributed by atoms with van der Waals surface area (Å²) < 4.78 is 5.18. The minimum Gasteiger partial charge on any atom is -0.451 e. The summed E-state index contributed by atoms with van der Waals surface area (Å²) in [6, 6.07) is 9.66. The van der Waals surface area contributed by atoms with Crippen molar-refractivity contribution in [2.24, 2.45) is 11.8 Å². The summed E-state index contributed by atoms with van der Waals surface area (Å²) in [7, 11) is 0. The highest BCUT2D eigenvalue weighted by molar-refractivity contribution is 7.13. The average molecular weight is 358 g/mol. The van der Waals surface area contributed by atoms with Crippen LogP contribution in [0.2, 0.25) is 0 Å². The standard InChI is InChI=1S/C19H22N2O3S/c1-13-8-14(2)10-21(9-13)17(22)11-24-19(23)16-12-25-18(20-16)15-6-4-3-5-7-15/h3-7,12-14H,8-11H2,1-2H3/t13-,14-/m1/s1. The minimum absolute atomic E-state index is 0.134. The number of hydrogen-bond acceptors (Lipinski definition) is 5. The lowest BCUT2D eigenvalue weighted by atomic mass is 9.92. The van der Waals surface area contributed by atoms with Crippen LogP contribution in [-0.2, 0) is 9.53 Å². The van der Waals surface area contributed by atoms with Gasteiger partial charge in [-0.15, -0.1) is 11.3 Å². The average Bonchev–Trinajstić information content (AvgIpc) is 3.09. The van der Waals surface area contributed by atoms with Crippen LogP contribution in [0, 0.1) is 11.8 Å². The Kier molecular flexibility index (Phi) is 5.48. The van der Waals surface area contributed by atoms with Crippen molar-refractivity contribution in [3.05, 3.63) is 41.4 Å². The normalized spacial score (nSPS) is 20.3. The van der Waals surface area contributed by atoms with Crippen molar-refractivity contribution < 1.29 is 14.3 Å². The maximum atomic E-state index is 12.3. The quantitative estimate of drug-likeness (QED) is 0.785. The van der Waals surface area contributed by atoms with E-state index in [2.05, 4.69) is 18.8 Å². The first-order valence-corrected chi connectivity index (χ1v) is 9.36. The molecule has 1 aliphatic heterocycles. The zero-order valence-corrected chi connectivity index (χ0v) is 15.3. The van der Waals surface area contributed by atoms with Crippen LogP contribution in [0.1, 0.15) is 30.8 Å². The fourth-order valence-electron chi connectivity index (χ4n) is 3.24. The number of hydrogen-bond donors (Lipinski definition) is 0. The molecule has 25 heavy (non-hydrogen) atoms. The molecular formula is C19H22N2O3S. The number of nitrogens with zero attached hydrogens (tertiary/aromatic N) is 2. The molecule has 0 saturated carbocycles. The Labute approximate surface area is 151 Å². The summed E-state index contributed by atoms with van der Waals surface area (Å²) in [6.45, 7) is 5.52. The van der Waals surface area contributed by atoms with Crippen LogP contribution < -0.4 is 0 Å². The van der Waals surface area contributed by atoms with Crippen molar-refractivity contribution in [3.8, 4) is 10.6 Å². The molecular weight excluding hydrogens is 336 g/mol. The molecule has 3 rings (SSSR count). The summed E-state index contributed by atoms with van der Waals surface area (Å²) in [5, 5.41) is 2.43. The molecule has 1 saturated heterocycles. The van der Waals surface area contributed by atoms with Gasteiger partial charge in [0.25, 0.3) is 5.91 Å². The molecule has 6 heteroatoms. The SMILES string of the molecule is C[C@@H]1C[C@@H](C)CN(C(=O)COC(=O)c2csc(-c3ccccc3)n2)C1. The zero-order chi connectivity index (χ0) is 17.8. The van der Waals surface area contributed by atoms with Gasteiger partial charge in [-0.2, -0.15) is 0 Å². The summed E-state index contributed by atoms with van der Waals surface area (Å²) in [5.74, 6) is 0.279. The van der Waals surface area contributed by atoms with Crippen molar-refractivity contribution in [2.75, 3.05) is 19.7 Å². The first-order valence-electron chi connectivity index (χ1n) is 8.48. The maximum absolute atomic E-state index is 12.3. The van der Waals surface area contributed by atoms with Crippen molar-refractivity contribution in [2.45, 2.75) is 20.3 Å². The van der Waals surface area contributed by atoms with Crippen LogP contribution in [-0.4, -0.2) is 41.5 Å². The van der Waals surface area contributed by atoms with E-state index in [9.17, 15) is 9.59 Å². The number of benzene rings is 1. The number of piperidine rings is 1. The number of aromatic nitrogens is 1. The van der Waals surface area contributed by atoms with Gasteiger partial charge < -0.3 is 9.64 Å². The molecule has 0 spiro atoms. The first kappa shape index (κ1) is 17.6. The van der Waals surface area contributed by atoms with Gasteiger partial charge in [-0.05, 0) is 18.3 Å². The largest absolute Gasteiger partial charge is 0.451 e. The Morgan fingerprint density at radius 3 is 2.56 bits per heavy atom. The van der Waals surface area contributed by atoms with Crippen molar-refractivity contribution in [1.82, 2.24) is 9.88 Å². The van der Waals surface area contributed by atoms with Crippen LogP contribution in [0.3, 0.4) is 0 Å². The minimum atomic E-state index is -0.551. The molecule has 1 aromatic heterocycles. The second kappa shape index (κ2) is 7.78. The van der Waals surface area contributed by atoms with E-state index in [0.717, 1.165) is 30.1 Å². The number of likely N-dealkylation sites (tertiary alicyclic amines) is 1. The van der Waals surface area contributed by atoms with Crippen LogP contribution in [0.5, 0.6) is 0 Å². The lowest BCUT2D eigenvalue weighted by Crippen LogP contribution is -2.44. The Morgan fingerprint density at radius 2 is 1.88 bits per heavy atom. The third kappa shape index (κ3) is 4.45. The van der Waals surface area contributed by atoms with Crippen molar-refractivity contribution >= 4 is 23.2 Å². The molecule has 1 fully saturated rings. The Balaban J connectivity index is 1.56. The van der Waals surface area contributed by atoms with Crippen molar-refractivity contribution in [1.29, 1.82) is 0 Å². The van der Waals surface area contributed by atoms with E-state index in [0.29, 0.717) is 11.8 Å². The molecule has 1 aliphatic rings. The summed E-state index contributed by atoms with van der Waals surface area (Å²) in [6.07, 6.45) is 1.13. The molecule has 0 N–H and O–H groups in total. The second-order valence-corrected chi connectivity index (χ2v) is 7.58. The number of amides is 1. The van der Waals surface area contributed by atoms with Crippen LogP contribution in [0.25, 0.3) is 10.6 Å². The number of carbonyl (C=O) groups excluding carboxylic acids is 2. The maximum Gasteiger partial charge on any atom is 0.358 e. The van der Waals surface area contributed by atoms with Gasteiger partial charge in [0.15, 0.2) is 12.3 Å². The van der Waals surface area contributed by atoms with Gasteiger partial charge in [0.1, 0.15) is 5.01 Å². The van der Waals surface area contributed by atoms with Gasteiger partial charge in [-0.3, -0.25) is 4.79 Å². The number of rotatable bonds is 4. The first-order chi connectivity index (χ1) is 12.0. The fraction of sp³-hybridized carbons (Fsp3) is 0.421. The molecule has 1 amide bonds. The summed E-state index contributed by atoms with van der Waals surface area (Å²) in [5.41, 5.74) is 1.20. The van der Waals surface area contributed by atoms with E-state index >= 15 is 0 Å². The van der Waals surface area contributed by atoms with E-state index in [1.165, 1.54) is 11.3 Å². The predicted molar refractivity (Wildman–Crippen MR) is 97.4 cm³/mol. The summed E-state index contributed by atoms with van der Waals surface area (Å²) >= 11 is 1.39. The monoisotopic (exact) mass is 358 g/mol. The van der Waals surface area contributed by atoms with Crippen LogP contribution in [0.4, 0.5) is 0 Å². The lowest BCUT2D eigenvalue weighted by molar-refractivity contribution is -0.137. The van der Waals surface area contributed by atoms with E-state index in [1.807, 2.05) is 30.3 Å². The lowest BCUT2D eigenvalue weighted by Gasteiger charge is -2.34. The van der Waals surface area contributed by atoms with E-state index in [4.69, 9.17) is 4.74 Å². The summed E-state index contributed by atoms with van der Waals surface area (Å²) in [4.78, 5) is 30.5. The number of carbonyl (C=O) groups is 2. The molecule has 132 valence electrons. The van der Waals surface area contributed by atoms with Gasteiger partial charge in [0.05, 0.1) is 0 Å². The fourth-order valence-corrected chi connectivity index (χ4v) is 4.04. The Hall–Kier alpha value is -2.21. The van der Waals surface area contributed by atoms with Gasteiger partial charge in [-0.25, -0.2) is 9.78 Å². The number of thiazole rings is 1. The molecule has 0 radical (unpaired) electrons. The highest BCUT2D eigenvalue weighted by Crippen LogP contribution is 2.24. The van der Waals surface area contributed by atoms with Gasteiger partial charge >= 0.3 is 5.97 Å². The molecule has 0 bridgehead atoms. The second-order valence-electron chi connectivity index (χ2n) is 6.72. The number of esters is 1. The topological polar surface area (TPSA) is 59.5 Å². The predicted octanol–water partition coefficient (Wildman–Crippen LogP) is 3.47. The van der Waals surface area contributed by atoms with E-state index in [-0.39, 0.29) is 18.2 Å². The molecule has 1 aromatic carbocycles. The van der Waals surface area contributed by atoms with Gasteiger partial charge in [-0.1, -0.05) is 44.2 Å². The molecule has 0 unspecified atom stereocenters. The van der Waals surface area contributed by atoms with Gasteiger partial charge in [0.2, 0.25) is 0 Å². The van der Waals surface area contributed by atoms with Crippen LogP contribution >= 0.6 is 11.3 Å². The number of ether oxygens (including phenoxy) is 1. The zero-order valence-electron chi connectivity index (χ0n) is 14.5. The molecule has 2 atom stereocenters. The third-order valence-corrected chi connectivity index (χ3v) is 5.17. The smallest absolute Gasteiger partial charge is 0.358 e. The molecule has 0 aliphatic carbocycles.